The molecule has 0 nitrogen and oxygen atoms in total. The fourth-order valence-corrected chi connectivity index (χ4v) is 9.65. The van der Waals surface area contributed by atoms with Crippen LogP contribution in [0.5, 0.6) is 0 Å². The highest BCUT2D eigenvalue weighted by Gasteiger charge is 2.19. The van der Waals surface area contributed by atoms with E-state index in [2.05, 4.69) is 170 Å². The second-order valence-electron chi connectivity index (χ2n) is 13.2. The van der Waals surface area contributed by atoms with Gasteiger partial charge >= 0.3 is 0 Å². The third-order valence-electron chi connectivity index (χ3n) is 10.6. The Hall–Kier alpha value is -6.02. The first-order valence-electron chi connectivity index (χ1n) is 16.9. The third-order valence-corrected chi connectivity index (χ3v) is 11.7. The number of thiophene rings is 1. The largest absolute Gasteiger partial charge is 0.135 e. The number of benzene rings is 10. The lowest BCUT2D eigenvalue weighted by Crippen LogP contribution is -1.91. The van der Waals surface area contributed by atoms with Gasteiger partial charge in [-0.3, -0.25) is 0 Å². The van der Waals surface area contributed by atoms with Crippen LogP contribution in [0, 0.1) is 0 Å². The lowest BCUT2D eigenvalue weighted by atomic mass is 9.85. The van der Waals surface area contributed by atoms with E-state index in [0.717, 1.165) is 0 Å². The molecule has 0 radical (unpaired) electrons. The van der Waals surface area contributed by atoms with Crippen LogP contribution in [0.3, 0.4) is 0 Å². The van der Waals surface area contributed by atoms with Crippen LogP contribution in [0.25, 0.3) is 107 Å². The molecule has 11 rings (SSSR count). The van der Waals surface area contributed by atoms with E-state index in [-0.39, 0.29) is 0 Å². The number of hydrogen-bond acceptors (Lipinski definition) is 1. The van der Waals surface area contributed by atoms with Crippen LogP contribution in [0.2, 0.25) is 0 Å². The van der Waals surface area contributed by atoms with E-state index in [0.29, 0.717) is 0 Å². The summed E-state index contributed by atoms with van der Waals surface area (Å²) in [6.45, 7) is 0. The minimum Gasteiger partial charge on any atom is -0.135 e. The van der Waals surface area contributed by atoms with E-state index in [1.54, 1.807) is 0 Å². The van der Waals surface area contributed by atoms with Crippen molar-refractivity contribution in [1.82, 2.24) is 0 Å². The quantitative estimate of drug-likeness (QED) is 0.131. The molecule has 0 spiro atoms. The van der Waals surface area contributed by atoms with Gasteiger partial charge in [-0.1, -0.05) is 146 Å². The molecule has 0 aliphatic rings. The van der Waals surface area contributed by atoms with Crippen molar-refractivity contribution in [1.29, 1.82) is 0 Å². The molecule has 0 fully saturated rings. The standard InChI is InChI=1S/C48H28S/c1-2-13-30(14-3-1)46-36-18-8-10-20-38(36)47(39-21-11-9-19-37(39)46)31-22-24-35-40(26-31)33-16-6-7-17-34(33)41-27-43-45(28-42(35)41)49-44-25-23-29-12-4-5-15-32(29)48(43)44/h1-28H. The molecule has 0 aliphatic carbocycles. The first-order chi connectivity index (χ1) is 24.3. The van der Waals surface area contributed by atoms with E-state index in [4.69, 9.17) is 0 Å². The van der Waals surface area contributed by atoms with E-state index >= 15 is 0 Å². The number of hydrogen-bond donors (Lipinski definition) is 0. The molecule has 0 amide bonds. The van der Waals surface area contributed by atoms with Gasteiger partial charge in [-0.2, -0.15) is 0 Å². The molecule has 226 valence electrons. The van der Waals surface area contributed by atoms with Gasteiger partial charge in [-0.05, 0) is 111 Å². The fraction of sp³-hybridized carbons (Fsp3) is 0. The Balaban J connectivity index is 1.24. The van der Waals surface area contributed by atoms with Crippen molar-refractivity contribution in [3.63, 3.8) is 0 Å². The summed E-state index contributed by atoms with van der Waals surface area (Å²) >= 11 is 1.91. The summed E-state index contributed by atoms with van der Waals surface area (Å²) in [5.74, 6) is 0. The van der Waals surface area contributed by atoms with Crippen molar-refractivity contribution in [3.05, 3.63) is 170 Å². The molecule has 11 aromatic rings. The van der Waals surface area contributed by atoms with Crippen LogP contribution in [-0.2, 0) is 0 Å². The summed E-state index contributed by atoms with van der Waals surface area (Å²) in [6, 6.07) is 63.2. The second-order valence-corrected chi connectivity index (χ2v) is 14.3. The minimum absolute atomic E-state index is 1.25. The molecule has 0 saturated heterocycles. The molecule has 0 aliphatic heterocycles. The SMILES string of the molecule is c1ccc(-c2c3ccccc3c(-c3ccc4c(c3)c3ccccc3c3cc5c(cc43)sc3ccc4ccccc4c35)c3ccccc23)cc1. The highest BCUT2D eigenvalue weighted by Crippen LogP contribution is 2.47. The fourth-order valence-electron chi connectivity index (χ4n) is 8.50. The topological polar surface area (TPSA) is 0 Å². The van der Waals surface area contributed by atoms with Crippen LogP contribution in [0.4, 0.5) is 0 Å². The van der Waals surface area contributed by atoms with Crippen molar-refractivity contribution in [2.45, 2.75) is 0 Å². The molecule has 0 N–H and O–H groups in total. The molecule has 0 bridgehead atoms. The van der Waals surface area contributed by atoms with E-state index < -0.39 is 0 Å². The van der Waals surface area contributed by atoms with Gasteiger partial charge in [0.15, 0.2) is 0 Å². The van der Waals surface area contributed by atoms with Gasteiger partial charge in [0.2, 0.25) is 0 Å². The molecule has 1 heteroatoms. The van der Waals surface area contributed by atoms with Crippen molar-refractivity contribution < 1.29 is 0 Å². The summed E-state index contributed by atoms with van der Waals surface area (Å²) in [4.78, 5) is 0. The zero-order valence-electron chi connectivity index (χ0n) is 26.6. The molecule has 0 atom stereocenters. The number of fused-ring (bicyclic) bond motifs is 13. The van der Waals surface area contributed by atoms with Gasteiger partial charge in [0.25, 0.3) is 0 Å². The summed E-state index contributed by atoms with van der Waals surface area (Å²) < 4.78 is 2.69. The Labute approximate surface area is 287 Å². The Bertz CT molecular complexity index is 3090. The molecule has 1 heterocycles. The minimum atomic E-state index is 1.25. The monoisotopic (exact) mass is 636 g/mol. The van der Waals surface area contributed by atoms with Crippen molar-refractivity contribution >= 4 is 96.1 Å². The first kappa shape index (κ1) is 27.0. The van der Waals surface area contributed by atoms with Crippen molar-refractivity contribution in [2.24, 2.45) is 0 Å². The highest BCUT2D eigenvalue weighted by atomic mass is 32.1. The van der Waals surface area contributed by atoms with Gasteiger partial charge in [-0.25, -0.2) is 0 Å². The molecule has 0 unspecified atom stereocenters. The van der Waals surface area contributed by atoms with Gasteiger partial charge in [0.05, 0.1) is 0 Å². The average Bonchev–Trinajstić information content (AvgIpc) is 3.54. The average molecular weight is 637 g/mol. The Morgan fingerprint density at radius 1 is 0.265 bits per heavy atom. The van der Waals surface area contributed by atoms with Crippen LogP contribution >= 0.6 is 11.3 Å². The Morgan fingerprint density at radius 2 is 0.776 bits per heavy atom. The van der Waals surface area contributed by atoms with Crippen LogP contribution in [0.1, 0.15) is 0 Å². The molecule has 1 aromatic heterocycles. The third kappa shape index (κ3) is 3.85. The first-order valence-corrected chi connectivity index (χ1v) is 17.7. The predicted molar refractivity (Wildman–Crippen MR) is 215 cm³/mol. The Morgan fingerprint density at radius 3 is 1.45 bits per heavy atom. The van der Waals surface area contributed by atoms with Gasteiger partial charge in [0.1, 0.15) is 0 Å². The summed E-state index contributed by atoms with van der Waals surface area (Å²) in [5, 5.41) is 18.3. The van der Waals surface area contributed by atoms with Gasteiger partial charge in [0, 0.05) is 20.2 Å². The Kier molecular flexibility index (Phi) is 5.64. The maximum absolute atomic E-state index is 2.47. The van der Waals surface area contributed by atoms with Gasteiger partial charge < -0.3 is 0 Å². The van der Waals surface area contributed by atoms with Crippen LogP contribution in [-0.4, -0.2) is 0 Å². The normalized spacial score (nSPS) is 12.1. The lowest BCUT2D eigenvalue weighted by Gasteiger charge is -2.18. The van der Waals surface area contributed by atoms with E-state index in [1.165, 1.54) is 107 Å². The smallest absolute Gasteiger partial charge is 0.0362 e. The molecule has 10 aromatic carbocycles. The molecule has 49 heavy (non-hydrogen) atoms. The van der Waals surface area contributed by atoms with E-state index in [9.17, 15) is 0 Å². The highest BCUT2D eigenvalue weighted by molar-refractivity contribution is 7.26. The molecular formula is C48H28S. The molecule has 0 saturated carbocycles. The van der Waals surface area contributed by atoms with E-state index in [1.807, 2.05) is 11.3 Å². The lowest BCUT2D eigenvalue weighted by molar-refractivity contribution is 1.66. The zero-order chi connectivity index (χ0) is 32.1. The van der Waals surface area contributed by atoms with Crippen LogP contribution in [0.15, 0.2) is 170 Å². The number of rotatable bonds is 2. The summed E-state index contributed by atoms with van der Waals surface area (Å²) in [7, 11) is 0. The van der Waals surface area contributed by atoms with Crippen molar-refractivity contribution in [2.75, 3.05) is 0 Å². The van der Waals surface area contributed by atoms with Crippen molar-refractivity contribution in [3.8, 4) is 22.3 Å². The van der Waals surface area contributed by atoms with Crippen LogP contribution < -0.4 is 0 Å². The summed E-state index contributed by atoms with van der Waals surface area (Å²) in [6.07, 6.45) is 0. The second kappa shape index (κ2) is 10.2. The maximum atomic E-state index is 2.47. The maximum Gasteiger partial charge on any atom is 0.0362 e. The predicted octanol–water partition coefficient (Wildman–Crippen LogP) is 14.3. The summed E-state index contributed by atoms with van der Waals surface area (Å²) in [5.41, 5.74) is 5.09. The zero-order valence-corrected chi connectivity index (χ0v) is 27.4. The van der Waals surface area contributed by atoms with Gasteiger partial charge in [-0.15, -0.1) is 11.3 Å². The molecular weight excluding hydrogens is 609 g/mol.